The second kappa shape index (κ2) is 9.11. The summed E-state index contributed by atoms with van der Waals surface area (Å²) >= 11 is 0. The third-order valence-electron chi connectivity index (χ3n) is 6.43. The topological polar surface area (TPSA) is 37.4 Å². The zero-order valence-electron chi connectivity index (χ0n) is 17.5. The highest BCUT2D eigenvalue weighted by atomic mass is 19.4. The minimum atomic E-state index is -4.29. The fourth-order valence-electron chi connectivity index (χ4n) is 4.68. The zero-order chi connectivity index (χ0) is 21.1. The molecule has 4 aliphatic heterocycles. The first-order valence-electron chi connectivity index (χ1n) is 10.7. The van der Waals surface area contributed by atoms with Gasteiger partial charge in [0.05, 0.1) is 5.56 Å². The summed E-state index contributed by atoms with van der Waals surface area (Å²) in [4.78, 5) is 14.0. The van der Waals surface area contributed by atoms with Gasteiger partial charge in [0.1, 0.15) is 0 Å². The maximum atomic E-state index is 12.9. The molecule has 0 radical (unpaired) electrons. The summed E-state index contributed by atoms with van der Waals surface area (Å²) in [5.41, 5.74) is 0.129. The first kappa shape index (κ1) is 21.4. The fourth-order valence-corrected chi connectivity index (χ4v) is 4.68. The van der Waals surface area contributed by atoms with Gasteiger partial charge in [-0.25, -0.2) is 0 Å². The average molecular weight is 425 g/mol. The number of halogens is 3. The van der Waals surface area contributed by atoms with Gasteiger partial charge in [-0.05, 0) is 11.6 Å². The molecule has 4 aliphatic rings. The van der Waals surface area contributed by atoms with Gasteiger partial charge < -0.3 is 10.2 Å². The number of alkyl halides is 3. The van der Waals surface area contributed by atoms with E-state index in [4.69, 9.17) is 0 Å². The van der Waals surface area contributed by atoms with Gasteiger partial charge >= 0.3 is 6.18 Å². The molecule has 5 rings (SSSR count). The molecular weight excluding hydrogens is 393 g/mol. The minimum absolute atomic E-state index is 0.534. The lowest BCUT2D eigenvalue weighted by atomic mass is 10.1. The van der Waals surface area contributed by atoms with Gasteiger partial charge in [0, 0.05) is 85.1 Å². The molecule has 4 fully saturated rings. The third-order valence-corrected chi connectivity index (χ3v) is 6.43. The Morgan fingerprint density at radius 1 is 1.07 bits per heavy atom. The molecule has 1 aromatic rings. The molecule has 2 bridgehead atoms. The van der Waals surface area contributed by atoms with E-state index in [0.717, 1.165) is 64.4 Å². The first-order chi connectivity index (χ1) is 14.4. The molecule has 0 spiro atoms. The Kier molecular flexibility index (Phi) is 6.50. The molecule has 0 amide bonds. The lowest BCUT2D eigenvalue weighted by Gasteiger charge is -2.47. The second-order valence-electron chi connectivity index (χ2n) is 8.38. The highest BCUT2D eigenvalue weighted by Gasteiger charge is 2.32. The van der Waals surface area contributed by atoms with Crippen molar-refractivity contribution in [2.75, 3.05) is 72.5 Å². The summed E-state index contributed by atoms with van der Waals surface area (Å²) in [6.45, 7) is 10.5. The number of hydrogen-bond acceptors (Lipinski definition) is 4. The molecule has 0 saturated carbocycles. The number of aliphatic imine (C=N–C) groups is 1. The van der Waals surface area contributed by atoms with Gasteiger partial charge in [0.25, 0.3) is 0 Å². The van der Waals surface area contributed by atoms with Crippen molar-refractivity contribution in [3.05, 3.63) is 35.4 Å². The molecule has 0 aromatic heterocycles. The van der Waals surface area contributed by atoms with E-state index >= 15 is 0 Å². The van der Waals surface area contributed by atoms with Crippen molar-refractivity contribution >= 4 is 5.96 Å². The predicted octanol–water partition coefficient (Wildman–Crippen LogP) is 1.40. The molecule has 1 aromatic carbocycles. The predicted molar refractivity (Wildman–Crippen MR) is 111 cm³/mol. The van der Waals surface area contributed by atoms with Gasteiger partial charge in [-0.15, -0.1) is 0 Å². The number of hydrogen-bond donors (Lipinski definition) is 1. The third kappa shape index (κ3) is 5.07. The maximum absolute atomic E-state index is 12.9. The van der Waals surface area contributed by atoms with Crippen LogP contribution in [-0.4, -0.2) is 104 Å². The van der Waals surface area contributed by atoms with Crippen LogP contribution in [0.3, 0.4) is 0 Å². The van der Waals surface area contributed by atoms with E-state index in [1.54, 1.807) is 6.07 Å². The second-order valence-corrected chi connectivity index (χ2v) is 8.38. The Bertz CT molecular complexity index is 737. The highest BCUT2D eigenvalue weighted by Crippen LogP contribution is 2.29. The lowest BCUT2D eigenvalue weighted by molar-refractivity contribution is -0.137. The lowest BCUT2D eigenvalue weighted by Crippen LogP contribution is -2.64. The number of fused-ring (bicyclic) bond motifs is 3. The van der Waals surface area contributed by atoms with E-state index in [0.29, 0.717) is 18.2 Å². The van der Waals surface area contributed by atoms with E-state index in [1.807, 2.05) is 7.05 Å². The van der Waals surface area contributed by atoms with E-state index in [2.05, 4.69) is 29.9 Å². The van der Waals surface area contributed by atoms with Crippen molar-refractivity contribution in [1.29, 1.82) is 0 Å². The SMILES string of the molecule is CN=C(NCC1CN2CCN1CC2)N1CCN(Cc2cccc(C(F)(F)F)c2)CC1. The Hall–Kier alpha value is -1.84. The van der Waals surface area contributed by atoms with Crippen molar-refractivity contribution < 1.29 is 13.2 Å². The molecule has 1 atom stereocenters. The smallest absolute Gasteiger partial charge is 0.355 e. The molecule has 6 nitrogen and oxygen atoms in total. The highest BCUT2D eigenvalue weighted by molar-refractivity contribution is 5.80. The number of rotatable bonds is 4. The van der Waals surface area contributed by atoms with Crippen molar-refractivity contribution in [3.63, 3.8) is 0 Å². The summed E-state index contributed by atoms with van der Waals surface area (Å²) in [5.74, 6) is 0.923. The number of benzene rings is 1. The normalized spacial score (nSPS) is 28.1. The monoisotopic (exact) mass is 424 g/mol. The number of piperazine rings is 4. The first-order valence-corrected chi connectivity index (χ1v) is 10.7. The van der Waals surface area contributed by atoms with Crippen LogP contribution in [0.2, 0.25) is 0 Å². The number of nitrogens with one attached hydrogen (secondary N) is 1. The summed E-state index contributed by atoms with van der Waals surface area (Å²) in [7, 11) is 1.81. The number of guanidine groups is 1. The van der Waals surface area contributed by atoms with Crippen molar-refractivity contribution in [2.24, 2.45) is 4.99 Å². The summed E-state index contributed by atoms with van der Waals surface area (Å²) < 4.78 is 38.8. The van der Waals surface area contributed by atoms with Crippen LogP contribution in [0.4, 0.5) is 13.2 Å². The molecule has 1 unspecified atom stereocenters. The Balaban J connectivity index is 1.25. The Morgan fingerprint density at radius 3 is 2.40 bits per heavy atom. The van der Waals surface area contributed by atoms with Crippen LogP contribution in [0, 0.1) is 0 Å². The molecule has 4 heterocycles. The fraction of sp³-hybridized carbons (Fsp3) is 0.667. The van der Waals surface area contributed by atoms with Gasteiger partial charge in [-0.2, -0.15) is 13.2 Å². The summed E-state index contributed by atoms with van der Waals surface area (Å²) in [5, 5.41) is 3.55. The maximum Gasteiger partial charge on any atom is 0.416 e. The van der Waals surface area contributed by atoms with Crippen molar-refractivity contribution in [3.8, 4) is 0 Å². The molecule has 9 heteroatoms. The van der Waals surface area contributed by atoms with Crippen LogP contribution in [-0.2, 0) is 12.7 Å². The molecule has 30 heavy (non-hydrogen) atoms. The van der Waals surface area contributed by atoms with Gasteiger partial charge in [0.15, 0.2) is 5.96 Å². The van der Waals surface area contributed by atoms with Crippen LogP contribution in [0.25, 0.3) is 0 Å². The molecule has 166 valence electrons. The molecular formula is C21H31F3N6. The molecule has 0 aliphatic carbocycles. The largest absolute Gasteiger partial charge is 0.416 e. The van der Waals surface area contributed by atoms with Gasteiger partial charge in [-0.1, -0.05) is 18.2 Å². The average Bonchev–Trinajstić information content (AvgIpc) is 2.76. The van der Waals surface area contributed by atoms with Gasteiger partial charge in [-0.3, -0.25) is 19.7 Å². The molecule has 4 saturated heterocycles. The Labute approximate surface area is 176 Å². The summed E-state index contributed by atoms with van der Waals surface area (Å²) in [6.07, 6.45) is -4.29. The van der Waals surface area contributed by atoms with Crippen LogP contribution in [0.1, 0.15) is 11.1 Å². The zero-order valence-corrected chi connectivity index (χ0v) is 17.5. The van der Waals surface area contributed by atoms with Crippen LogP contribution < -0.4 is 5.32 Å². The van der Waals surface area contributed by atoms with Crippen LogP contribution >= 0.6 is 0 Å². The van der Waals surface area contributed by atoms with Crippen molar-refractivity contribution in [2.45, 2.75) is 18.8 Å². The number of nitrogens with zero attached hydrogens (tertiary/aromatic N) is 5. The summed E-state index contributed by atoms with van der Waals surface area (Å²) in [6, 6.07) is 6.18. The van der Waals surface area contributed by atoms with E-state index in [9.17, 15) is 13.2 Å². The Morgan fingerprint density at radius 2 is 1.80 bits per heavy atom. The van der Waals surface area contributed by atoms with Crippen LogP contribution in [0.5, 0.6) is 0 Å². The standard InChI is InChI=1S/C21H31F3N6/c1-25-20(26-14-19-16-28-5-9-29(19)10-6-28)30-11-7-27(8-12-30)15-17-3-2-4-18(13-17)21(22,23)24/h2-4,13,19H,5-12,14-16H2,1H3,(H,25,26). The van der Waals surface area contributed by atoms with E-state index < -0.39 is 11.7 Å². The van der Waals surface area contributed by atoms with Crippen LogP contribution in [0.15, 0.2) is 29.3 Å². The molecule has 1 N–H and O–H groups in total. The van der Waals surface area contributed by atoms with Gasteiger partial charge in [0.2, 0.25) is 0 Å². The van der Waals surface area contributed by atoms with E-state index in [1.165, 1.54) is 25.2 Å². The van der Waals surface area contributed by atoms with E-state index in [-0.39, 0.29) is 0 Å². The minimum Gasteiger partial charge on any atom is -0.355 e. The quantitative estimate of drug-likeness (QED) is 0.584. The van der Waals surface area contributed by atoms with Crippen molar-refractivity contribution in [1.82, 2.24) is 24.9 Å².